The Labute approximate surface area is 193 Å². The predicted octanol–water partition coefficient (Wildman–Crippen LogP) is 4.89. The molecule has 2 N–H and O–H groups in total. The molecule has 3 aromatic rings. The average molecular weight is 458 g/mol. The summed E-state index contributed by atoms with van der Waals surface area (Å²) in [5.41, 5.74) is 2.50. The Balaban J connectivity index is 1.65. The number of hydrogen-bond donors (Lipinski definition) is 2. The number of aliphatic imine (C=N–C) groups is 1. The molecule has 1 aliphatic rings. The summed E-state index contributed by atoms with van der Waals surface area (Å²) < 4.78 is 0. The van der Waals surface area contributed by atoms with Crippen molar-refractivity contribution in [1.29, 1.82) is 0 Å². The van der Waals surface area contributed by atoms with Gasteiger partial charge in [-0.25, -0.2) is 14.6 Å². The number of carboxylic acid groups (broad SMARTS) is 2. The quantitative estimate of drug-likeness (QED) is 0.510. The Kier molecular flexibility index (Phi) is 6.37. The monoisotopic (exact) mass is 458 g/mol. The van der Waals surface area contributed by atoms with E-state index in [4.69, 9.17) is 10.2 Å². The van der Waals surface area contributed by atoms with Gasteiger partial charge in [-0.05, 0) is 65.4 Å². The van der Waals surface area contributed by atoms with Crippen LogP contribution < -0.4 is 0 Å². The zero-order chi connectivity index (χ0) is 23.4. The van der Waals surface area contributed by atoms with Crippen molar-refractivity contribution in [3.05, 3.63) is 106 Å². The van der Waals surface area contributed by atoms with Crippen molar-refractivity contribution < 1.29 is 24.6 Å². The molecule has 0 aliphatic carbocycles. The first-order valence-corrected chi connectivity index (χ1v) is 10.7. The van der Waals surface area contributed by atoms with E-state index in [1.807, 2.05) is 30.3 Å². The van der Waals surface area contributed by atoms with Crippen LogP contribution in [0.15, 0.2) is 88.8 Å². The van der Waals surface area contributed by atoms with Crippen molar-refractivity contribution in [2.75, 3.05) is 0 Å². The number of amidine groups is 1. The number of aromatic carboxylic acids is 2. The van der Waals surface area contributed by atoms with E-state index in [1.54, 1.807) is 35.2 Å². The molecule has 1 aliphatic heterocycles. The number of rotatable bonds is 6. The van der Waals surface area contributed by atoms with Crippen LogP contribution in [0.25, 0.3) is 6.08 Å². The Hall–Kier alpha value is -4.17. The van der Waals surface area contributed by atoms with E-state index in [2.05, 4.69) is 4.99 Å². The first-order chi connectivity index (χ1) is 15.9. The summed E-state index contributed by atoms with van der Waals surface area (Å²) >= 11 is 1.23. The predicted molar refractivity (Wildman–Crippen MR) is 126 cm³/mol. The number of amides is 1. The van der Waals surface area contributed by atoms with Gasteiger partial charge in [0.1, 0.15) is 0 Å². The lowest BCUT2D eigenvalue weighted by molar-refractivity contribution is -0.122. The topological polar surface area (TPSA) is 107 Å². The van der Waals surface area contributed by atoms with Gasteiger partial charge in [-0.1, -0.05) is 42.5 Å². The summed E-state index contributed by atoms with van der Waals surface area (Å²) in [5, 5.41) is 18.7. The zero-order valence-corrected chi connectivity index (χ0v) is 18.0. The van der Waals surface area contributed by atoms with Gasteiger partial charge < -0.3 is 10.2 Å². The summed E-state index contributed by atoms with van der Waals surface area (Å²) in [7, 11) is 0. The summed E-state index contributed by atoms with van der Waals surface area (Å²) in [6.07, 6.45) is 1.70. The maximum absolute atomic E-state index is 13.2. The number of thioether (sulfide) groups is 1. The minimum Gasteiger partial charge on any atom is -0.478 e. The minimum absolute atomic E-state index is 0.167. The van der Waals surface area contributed by atoms with Crippen LogP contribution in [0.1, 0.15) is 31.8 Å². The van der Waals surface area contributed by atoms with Gasteiger partial charge in [0, 0.05) is 0 Å². The molecule has 0 unspecified atom stereocenters. The van der Waals surface area contributed by atoms with Crippen LogP contribution in [-0.2, 0) is 11.3 Å². The van der Waals surface area contributed by atoms with Crippen LogP contribution >= 0.6 is 11.8 Å². The summed E-state index contributed by atoms with van der Waals surface area (Å²) in [6.45, 7) is 0.229. The summed E-state index contributed by atoms with van der Waals surface area (Å²) in [6, 6.07) is 21.9. The molecule has 1 heterocycles. The van der Waals surface area contributed by atoms with Crippen LogP contribution in [0.4, 0.5) is 5.69 Å². The normalized spacial score (nSPS) is 15.9. The Morgan fingerprint density at radius 3 is 2.00 bits per heavy atom. The fourth-order valence-corrected chi connectivity index (χ4v) is 4.15. The van der Waals surface area contributed by atoms with E-state index in [9.17, 15) is 14.4 Å². The summed E-state index contributed by atoms with van der Waals surface area (Å²) in [4.78, 5) is 42.0. The molecule has 0 atom stereocenters. The van der Waals surface area contributed by atoms with Gasteiger partial charge in [-0.15, -0.1) is 0 Å². The summed E-state index contributed by atoms with van der Waals surface area (Å²) in [5.74, 6) is -2.27. The first kappa shape index (κ1) is 22.0. The molecular formula is C25H18N2O5S. The van der Waals surface area contributed by atoms with Crippen LogP contribution in [0.2, 0.25) is 0 Å². The Bertz CT molecular complexity index is 1270. The van der Waals surface area contributed by atoms with Gasteiger partial charge >= 0.3 is 11.9 Å². The highest BCUT2D eigenvalue weighted by Gasteiger charge is 2.33. The maximum Gasteiger partial charge on any atom is 0.335 e. The molecule has 0 saturated carbocycles. The molecule has 0 bridgehead atoms. The van der Waals surface area contributed by atoms with Gasteiger partial charge in [0.25, 0.3) is 5.91 Å². The van der Waals surface area contributed by atoms with Crippen LogP contribution in [0.5, 0.6) is 0 Å². The van der Waals surface area contributed by atoms with Crippen molar-refractivity contribution in [3.8, 4) is 0 Å². The number of carbonyl (C=O) groups is 3. The molecule has 0 spiro atoms. The fourth-order valence-electron chi connectivity index (χ4n) is 3.15. The van der Waals surface area contributed by atoms with Gasteiger partial charge in [0.15, 0.2) is 5.17 Å². The second-order valence-electron chi connectivity index (χ2n) is 7.16. The van der Waals surface area contributed by atoms with Gasteiger partial charge in [-0.2, -0.15) is 0 Å². The molecular weight excluding hydrogens is 440 g/mol. The van der Waals surface area contributed by atoms with Gasteiger partial charge in [0.05, 0.1) is 28.3 Å². The van der Waals surface area contributed by atoms with Crippen molar-refractivity contribution in [2.24, 2.45) is 4.99 Å². The molecule has 0 radical (unpaired) electrons. The van der Waals surface area contributed by atoms with Gasteiger partial charge in [0.2, 0.25) is 0 Å². The van der Waals surface area contributed by atoms with Crippen molar-refractivity contribution in [1.82, 2.24) is 4.90 Å². The number of nitrogens with zero attached hydrogens (tertiary/aromatic N) is 2. The molecule has 164 valence electrons. The molecule has 8 heteroatoms. The SMILES string of the molecule is O=C(O)c1ccc(/C=C2\SC(=Nc3ccccc3)N(Cc3ccc(C(=O)O)cc3)C2=O)cc1. The van der Waals surface area contributed by atoms with E-state index >= 15 is 0 Å². The number of carboxylic acids is 2. The third-order valence-corrected chi connectivity index (χ3v) is 5.87. The second-order valence-corrected chi connectivity index (χ2v) is 8.17. The van der Waals surface area contributed by atoms with Crippen molar-refractivity contribution in [3.63, 3.8) is 0 Å². The van der Waals surface area contributed by atoms with E-state index in [1.165, 1.54) is 36.0 Å². The van der Waals surface area contributed by atoms with E-state index < -0.39 is 11.9 Å². The van der Waals surface area contributed by atoms with Crippen LogP contribution in [-0.4, -0.2) is 38.1 Å². The number of hydrogen-bond acceptors (Lipinski definition) is 5. The molecule has 4 rings (SSSR count). The maximum atomic E-state index is 13.2. The molecule has 1 fully saturated rings. The third kappa shape index (κ3) is 5.19. The van der Waals surface area contributed by atoms with Gasteiger partial charge in [-0.3, -0.25) is 9.69 Å². The van der Waals surface area contributed by atoms with Crippen LogP contribution in [0, 0.1) is 0 Å². The standard InChI is InChI=1S/C25H18N2O5S/c28-22-21(14-16-6-10-18(11-7-16)23(29)30)33-25(26-20-4-2-1-3-5-20)27(22)15-17-8-12-19(13-9-17)24(31)32/h1-14H,15H2,(H,29,30)(H,31,32)/b21-14-,26-25?. The Morgan fingerprint density at radius 1 is 0.848 bits per heavy atom. The lowest BCUT2D eigenvalue weighted by Gasteiger charge is -2.16. The van der Waals surface area contributed by atoms with Crippen molar-refractivity contribution >= 4 is 46.5 Å². The number of carbonyl (C=O) groups excluding carboxylic acids is 1. The first-order valence-electron chi connectivity index (χ1n) is 9.91. The fraction of sp³-hybridized carbons (Fsp3) is 0.0400. The molecule has 1 amide bonds. The van der Waals surface area contributed by atoms with E-state index in [0.29, 0.717) is 21.3 Å². The highest BCUT2D eigenvalue weighted by atomic mass is 32.2. The molecule has 1 saturated heterocycles. The van der Waals surface area contributed by atoms with Crippen molar-refractivity contribution in [2.45, 2.75) is 6.54 Å². The van der Waals surface area contributed by atoms with Crippen LogP contribution in [0.3, 0.4) is 0 Å². The smallest absolute Gasteiger partial charge is 0.335 e. The highest BCUT2D eigenvalue weighted by Crippen LogP contribution is 2.35. The molecule has 3 aromatic carbocycles. The van der Waals surface area contributed by atoms with E-state index in [0.717, 1.165) is 5.56 Å². The second kappa shape index (κ2) is 9.54. The number of para-hydroxylation sites is 1. The zero-order valence-electron chi connectivity index (χ0n) is 17.2. The lowest BCUT2D eigenvalue weighted by atomic mass is 10.1. The lowest BCUT2D eigenvalue weighted by Crippen LogP contribution is -2.28. The largest absolute Gasteiger partial charge is 0.478 e. The highest BCUT2D eigenvalue weighted by molar-refractivity contribution is 8.18. The average Bonchev–Trinajstić information content (AvgIpc) is 3.09. The molecule has 0 aromatic heterocycles. The minimum atomic E-state index is -1.02. The molecule has 7 nitrogen and oxygen atoms in total. The molecule has 33 heavy (non-hydrogen) atoms. The Morgan fingerprint density at radius 2 is 1.42 bits per heavy atom. The number of benzene rings is 3. The van der Waals surface area contributed by atoms with E-state index in [-0.39, 0.29) is 23.6 Å². The third-order valence-electron chi connectivity index (χ3n) is 4.87.